The van der Waals surface area contributed by atoms with E-state index in [2.05, 4.69) is 19.7 Å². The molecule has 0 bridgehead atoms. The first-order valence-corrected chi connectivity index (χ1v) is 2.07. The molecule has 0 heterocycles. The molecule has 0 aromatic carbocycles. The Morgan fingerprint density at radius 1 is 1.11 bits per heavy atom. The second kappa shape index (κ2) is 26.0. The van der Waals surface area contributed by atoms with E-state index in [0.717, 1.165) is 0 Å². The van der Waals surface area contributed by atoms with Gasteiger partial charge in [0.15, 0.2) is 0 Å². The zero-order valence-electron chi connectivity index (χ0n) is 5.10. The van der Waals surface area contributed by atoms with E-state index in [-0.39, 0.29) is 22.4 Å². The Morgan fingerprint density at radius 3 is 1.33 bits per heavy atom. The molecule has 9 heavy (non-hydrogen) atoms. The minimum absolute atomic E-state index is 0. The van der Waals surface area contributed by atoms with Gasteiger partial charge in [0.05, 0.1) is 6.07 Å². The van der Waals surface area contributed by atoms with Crippen LogP contribution >= 0.6 is 0 Å². The van der Waals surface area contributed by atoms with Gasteiger partial charge in [-0.2, -0.15) is 5.26 Å². The van der Waals surface area contributed by atoms with Crippen LogP contribution in [0.25, 0.3) is 0 Å². The summed E-state index contributed by atoms with van der Waals surface area (Å²) in [4.78, 5) is 0. The third-order valence-electron chi connectivity index (χ3n) is 0.258. The van der Waals surface area contributed by atoms with Crippen molar-refractivity contribution in [1.82, 2.24) is 0 Å². The molecule has 0 aliphatic heterocycles. The van der Waals surface area contributed by atoms with Crippen molar-refractivity contribution < 1.29 is 22.4 Å². The summed E-state index contributed by atoms with van der Waals surface area (Å²) in [6.07, 6.45) is 4.46. The third-order valence-corrected chi connectivity index (χ3v) is 0.258. The quantitative estimate of drug-likeness (QED) is 0.413. The van der Waals surface area contributed by atoms with Gasteiger partial charge in [-0.1, -0.05) is 31.9 Å². The summed E-state index contributed by atoms with van der Waals surface area (Å²) in [7, 11) is 0. The van der Waals surface area contributed by atoms with Crippen LogP contribution < -0.4 is 0 Å². The van der Waals surface area contributed by atoms with Gasteiger partial charge in [-0.05, 0) is 0 Å². The molecular weight excluding hydrogens is 295 g/mol. The van der Waals surface area contributed by atoms with Gasteiger partial charge in [0.1, 0.15) is 0 Å². The number of hydrogen-bond acceptors (Lipinski definition) is 1. The van der Waals surface area contributed by atoms with Gasteiger partial charge in [0, 0.05) is 28.5 Å². The fraction of sp³-hybridized carbons (Fsp3) is 0. The summed E-state index contributed by atoms with van der Waals surface area (Å²) in [5, 5.41) is 7.51. The van der Waals surface area contributed by atoms with Gasteiger partial charge < -0.3 is 0 Å². The Morgan fingerprint density at radius 2 is 1.33 bits per heavy atom. The Kier molecular flexibility index (Phi) is 45.7. The summed E-state index contributed by atoms with van der Waals surface area (Å²) in [6.45, 7) is 9.84. The number of nitriles is 1. The number of nitrogens with zero attached hydrogens (tertiary/aromatic N) is 1. The Balaban J connectivity index is -0.0000000720. The van der Waals surface area contributed by atoms with Crippen molar-refractivity contribution in [3.63, 3.8) is 0 Å². The summed E-state index contributed by atoms with van der Waals surface area (Å²) in [6, 6.07) is 1.69. The van der Waals surface area contributed by atoms with Crippen molar-refractivity contribution >= 4 is 0 Å². The molecule has 0 rings (SSSR count). The average Bonchev–Trinajstić information content (AvgIpc) is 1.88. The van der Waals surface area contributed by atoms with E-state index < -0.39 is 0 Å². The van der Waals surface area contributed by atoms with Crippen LogP contribution in [0.5, 0.6) is 0 Å². The molecule has 0 unspecified atom stereocenters. The molecule has 0 amide bonds. The van der Waals surface area contributed by atoms with E-state index in [4.69, 9.17) is 5.26 Å². The van der Waals surface area contributed by atoms with Crippen LogP contribution in [0.15, 0.2) is 38.0 Å². The molecule has 0 aromatic rings. The van der Waals surface area contributed by atoms with Crippen molar-refractivity contribution in [2.24, 2.45) is 0 Å². The van der Waals surface area contributed by atoms with Gasteiger partial charge in [-0.3, -0.25) is 0 Å². The van der Waals surface area contributed by atoms with Crippen LogP contribution in [0.4, 0.5) is 0 Å². The molecule has 1 radical (unpaired) electrons. The molecule has 0 fully saturated rings. The van der Waals surface area contributed by atoms with E-state index in [1.54, 1.807) is 18.2 Å². The first-order chi connectivity index (χ1) is 3.83. The molecule has 1 nitrogen and oxygen atoms in total. The fourth-order valence-electron chi connectivity index (χ4n) is 0. The van der Waals surface area contributed by atoms with Crippen LogP contribution in [0.2, 0.25) is 0 Å². The Bertz CT molecular complexity index is 105. The predicted molar refractivity (Wildman–Crippen MR) is 36.2 cm³/mol. The molecule has 2 heteroatoms. The number of rotatable bonds is 1. The van der Waals surface area contributed by atoms with Crippen molar-refractivity contribution in [2.75, 3.05) is 0 Å². The Labute approximate surface area is 71.9 Å². The SMILES string of the molecule is C=CC#N.C=CC=C.[Au]. The molecule has 53 valence electrons. The molecule has 0 saturated carbocycles. The number of allylic oxidation sites excluding steroid dienone is 3. The zero-order chi connectivity index (χ0) is 6.83. The van der Waals surface area contributed by atoms with E-state index in [1.807, 2.05) is 0 Å². The molecule has 0 saturated heterocycles. The summed E-state index contributed by atoms with van der Waals surface area (Å²) < 4.78 is 0. The van der Waals surface area contributed by atoms with E-state index in [0.29, 0.717) is 0 Å². The number of hydrogen-bond donors (Lipinski definition) is 0. The van der Waals surface area contributed by atoms with Gasteiger partial charge >= 0.3 is 0 Å². The molecule has 0 atom stereocenters. The van der Waals surface area contributed by atoms with Crippen LogP contribution in [-0.2, 0) is 22.4 Å². The van der Waals surface area contributed by atoms with Gasteiger partial charge in [0.25, 0.3) is 0 Å². The van der Waals surface area contributed by atoms with E-state index in [1.165, 1.54) is 6.08 Å². The van der Waals surface area contributed by atoms with Crippen LogP contribution in [0.3, 0.4) is 0 Å². The van der Waals surface area contributed by atoms with Gasteiger partial charge in [0.2, 0.25) is 0 Å². The smallest absolute Gasteiger partial charge is 0.0905 e. The van der Waals surface area contributed by atoms with E-state index in [9.17, 15) is 0 Å². The summed E-state index contributed by atoms with van der Waals surface area (Å²) >= 11 is 0. The molecular formula is C7H9AuN. The van der Waals surface area contributed by atoms with Crippen LogP contribution in [0, 0.1) is 11.3 Å². The normalized spacial score (nSPS) is 3.89. The second-order valence-electron chi connectivity index (χ2n) is 0.805. The van der Waals surface area contributed by atoms with Crippen molar-refractivity contribution in [3.8, 4) is 6.07 Å². The van der Waals surface area contributed by atoms with Crippen LogP contribution in [0.1, 0.15) is 0 Å². The average molecular weight is 304 g/mol. The maximum atomic E-state index is 7.51. The first-order valence-electron chi connectivity index (χ1n) is 2.07. The van der Waals surface area contributed by atoms with Gasteiger partial charge in [-0.25, -0.2) is 0 Å². The molecule has 0 N–H and O–H groups in total. The fourth-order valence-corrected chi connectivity index (χ4v) is 0. The molecule has 0 aliphatic carbocycles. The second-order valence-corrected chi connectivity index (χ2v) is 0.805. The van der Waals surface area contributed by atoms with Crippen LogP contribution in [-0.4, -0.2) is 0 Å². The first kappa shape index (κ1) is 15.8. The van der Waals surface area contributed by atoms with Crippen molar-refractivity contribution in [1.29, 1.82) is 5.26 Å². The molecule has 0 aromatic heterocycles. The standard InChI is InChI=1S/C4H6.C3H3N.Au/c1-3-4-2;1-2-3-4;/h3-4H,1-2H2;2H,1H2;. The molecule has 0 aliphatic rings. The minimum Gasteiger partial charge on any atom is -0.193 e. The van der Waals surface area contributed by atoms with E-state index >= 15 is 0 Å². The Hall–Kier alpha value is -0.550. The third kappa shape index (κ3) is 105. The summed E-state index contributed by atoms with van der Waals surface area (Å²) in [5.41, 5.74) is 0. The monoisotopic (exact) mass is 304 g/mol. The zero-order valence-corrected chi connectivity index (χ0v) is 7.27. The maximum Gasteiger partial charge on any atom is 0.0905 e. The topological polar surface area (TPSA) is 23.8 Å². The predicted octanol–water partition coefficient (Wildman–Crippen LogP) is 2.05. The minimum atomic E-state index is 0. The summed E-state index contributed by atoms with van der Waals surface area (Å²) in [5.74, 6) is 0. The van der Waals surface area contributed by atoms with Crippen molar-refractivity contribution in [3.05, 3.63) is 38.0 Å². The van der Waals surface area contributed by atoms with Crippen molar-refractivity contribution in [2.45, 2.75) is 0 Å². The maximum absolute atomic E-state index is 7.51. The van der Waals surface area contributed by atoms with Gasteiger partial charge in [-0.15, -0.1) is 0 Å². The molecule has 0 spiro atoms. The largest absolute Gasteiger partial charge is 0.193 e.